The van der Waals surface area contributed by atoms with E-state index in [2.05, 4.69) is 4.98 Å². The molecule has 0 atom stereocenters. The zero-order valence-electron chi connectivity index (χ0n) is 7.10. The smallest absolute Gasteiger partial charge is 0.231 e. The van der Waals surface area contributed by atoms with Gasteiger partial charge in [0.15, 0.2) is 0 Å². The Morgan fingerprint density at radius 3 is 3.15 bits per heavy atom. The molecule has 0 spiro atoms. The number of hydrogen-bond donors (Lipinski definition) is 1. The summed E-state index contributed by atoms with van der Waals surface area (Å²) in [6.45, 7) is 0.455. The Kier molecular flexibility index (Phi) is 3.74. The third-order valence-electron chi connectivity index (χ3n) is 1.43. The van der Waals surface area contributed by atoms with Gasteiger partial charge in [-0.3, -0.25) is 0 Å². The molecule has 1 heterocycles. The number of nitrogens with zero attached hydrogens (tertiary/aromatic N) is 2. The molecule has 0 saturated heterocycles. The van der Waals surface area contributed by atoms with Crippen LogP contribution in [0.15, 0.2) is 18.3 Å². The van der Waals surface area contributed by atoms with E-state index in [4.69, 9.17) is 15.1 Å². The lowest BCUT2D eigenvalue weighted by atomic mass is 10.3. The molecule has 0 amide bonds. The average molecular weight is 178 g/mol. The van der Waals surface area contributed by atoms with Gasteiger partial charge in [-0.2, -0.15) is 5.26 Å². The highest BCUT2D eigenvalue weighted by Gasteiger charge is 2.01. The maximum absolute atomic E-state index is 8.66. The first-order valence-electron chi connectivity index (χ1n) is 3.97. The maximum atomic E-state index is 8.66. The van der Waals surface area contributed by atoms with Crippen LogP contribution in [0, 0.1) is 11.3 Å². The highest BCUT2D eigenvalue weighted by molar-refractivity contribution is 5.36. The minimum absolute atomic E-state index is 0.0781. The van der Waals surface area contributed by atoms with Gasteiger partial charge in [0.25, 0.3) is 0 Å². The lowest BCUT2D eigenvalue weighted by molar-refractivity contribution is 0.229. The van der Waals surface area contributed by atoms with Crippen molar-refractivity contribution in [2.75, 3.05) is 13.2 Å². The number of aliphatic hydroxyl groups is 1. The largest absolute Gasteiger partial charge is 0.477 e. The average Bonchev–Trinajstić information content (AvgIpc) is 2.19. The maximum Gasteiger partial charge on any atom is 0.231 e. The fourth-order valence-corrected chi connectivity index (χ4v) is 0.824. The van der Waals surface area contributed by atoms with Gasteiger partial charge in [0, 0.05) is 19.2 Å². The summed E-state index contributed by atoms with van der Waals surface area (Å²) >= 11 is 0. The first-order chi connectivity index (χ1) is 6.38. The predicted octanol–water partition coefficient (Wildman–Crippen LogP) is 0.714. The van der Waals surface area contributed by atoms with Crippen molar-refractivity contribution in [2.24, 2.45) is 0 Å². The second-order valence-electron chi connectivity index (χ2n) is 2.39. The fourth-order valence-electron chi connectivity index (χ4n) is 0.824. The van der Waals surface area contributed by atoms with Gasteiger partial charge in [-0.25, -0.2) is 4.98 Å². The van der Waals surface area contributed by atoms with Gasteiger partial charge >= 0.3 is 0 Å². The third kappa shape index (κ3) is 2.73. The molecule has 13 heavy (non-hydrogen) atoms. The number of nitriles is 1. The van der Waals surface area contributed by atoms with Crippen LogP contribution in [0.1, 0.15) is 12.0 Å². The van der Waals surface area contributed by atoms with Crippen LogP contribution in [0.2, 0.25) is 0 Å². The summed E-state index contributed by atoms with van der Waals surface area (Å²) < 4.78 is 5.17. The number of pyridine rings is 1. The van der Waals surface area contributed by atoms with Crippen molar-refractivity contribution in [1.29, 1.82) is 5.26 Å². The van der Waals surface area contributed by atoms with E-state index in [1.54, 1.807) is 18.3 Å². The second-order valence-corrected chi connectivity index (χ2v) is 2.39. The summed E-state index contributed by atoms with van der Waals surface area (Å²) in [6, 6.07) is 5.29. The SMILES string of the molecule is N#Cc1cccnc1OCCCO. The highest BCUT2D eigenvalue weighted by Crippen LogP contribution is 2.12. The number of rotatable bonds is 4. The van der Waals surface area contributed by atoms with E-state index in [-0.39, 0.29) is 6.61 Å². The summed E-state index contributed by atoms with van der Waals surface area (Å²) in [7, 11) is 0. The molecule has 68 valence electrons. The molecule has 4 heteroatoms. The normalized spacial score (nSPS) is 9.23. The molecule has 0 fully saturated rings. The molecule has 1 N–H and O–H groups in total. The van der Waals surface area contributed by atoms with Crippen LogP contribution in [-0.4, -0.2) is 23.3 Å². The van der Waals surface area contributed by atoms with Crippen LogP contribution >= 0.6 is 0 Å². The molecule has 0 unspecified atom stereocenters. The Bertz CT molecular complexity index is 307. The highest BCUT2D eigenvalue weighted by atomic mass is 16.5. The van der Waals surface area contributed by atoms with E-state index in [0.717, 1.165) is 0 Å². The minimum Gasteiger partial charge on any atom is -0.477 e. The monoisotopic (exact) mass is 178 g/mol. The van der Waals surface area contributed by atoms with Gasteiger partial charge in [0.05, 0.1) is 6.61 Å². The van der Waals surface area contributed by atoms with Gasteiger partial charge in [0.2, 0.25) is 5.88 Å². The van der Waals surface area contributed by atoms with Crippen molar-refractivity contribution in [1.82, 2.24) is 4.98 Å². The lowest BCUT2D eigenvalue weighted by Crippen LogP contribution is -2.02. The van der Waals surface area contributed by atoms with Gasteiger partial charge in [-0.1, -0.05) is 0 Å². The zero-order chi connectivity index (χ0) is 9.52. The van der Waals surface area contributed by atoms with Gasteiger partial charge in [0.1, 0.15) is 11.6 Å². The molecule has 1 aromatic rings. The van der Waals surface area contributed by atoms with E-state index in [1.165, 1.54) is 0 Å². The molecule has 0 aliphatic heterocycles. The van der Waals surface area contributed by atoms with E-state index >= 15 is 0 Å². The summed E-state index contributed by atoms with van der Waals surface area (Å²) in [6.07, 6.45) is 2.11. The molecular formula is C9H10N2O2. The molecular weight excluding hydrogens is 168 g/mol. The topological polar surface area (TPSA) is 66.1 Å². The van der Waals surface area contributed by atoms with Crippen LogP contribution < -0.4 is 4.74 Å². The van der Waals surface area contributed by atoms with Crippen molar-refractivity contribution >= 4 is 0 Å². The molecule has 0 bridgehead atoms. The summed E-state index contributed by atoms with van der Waals surface area (Å²) in [5.41, 5.74) is 0.417. The standard InChI is InChI=1S/C9H10N2O2/c10-7-8-3-1-4-11-9(8)13-6-2-5-12/h1,3-4,12H,2,5-6H2. The molecule has 4 nitrogen and oxygen atoms in total. The fraction of sp³-hybridized carbons (Fsp3) is 0.333. The molecule has 0 saturated carbocycles. The first-order valence-corrected chi connectivity index (χ1v) is 3.97. The summed E-state index contributed by atoms with van der Waals surface area (Å²) in [5, 5.41) is 17.2. The van der Waals surface area contributed by atoms with Crippen LogP contribution in [0.5, 0.6) is 5.88 Å². The Morgan fingerprint density at radius 2 is 2.46 bits per heavy atom. The Hall–Kier alpha value is -1.60. The van der Waals surface area contributed by atoms with Crippen LogP contribution in [-0.2, 0) is 0 Å². The second kappa shape index (κ2) is 5.12. The van der Waals surface area contributed by atoms with Crippen LogP contribution in [0.25, 0.3) is 0 Å². The molecule has 0 aromatic carbocycles. The lowest BCUT2D eigenvalue weighted by Gasteiger charge is -2.04. The number of hydrogen-bond acceptors (Lipinski definition) is 4. The molecule has 0 aliphatic carbocycles. The van der Waals surface area contributed by atoms with E-state index < -0.39 is 0 Å². The quantitative estimate of drug-likeness (QED) is 0.690. The molecule has 0 aliphatic rings. The van der Waals surface area contributed by atoms with Gasteiger partial charge in [-0.15, -0.1) is 0 Å². The Labute approximate surface area is 76.4 Å². The van der Waals surface area contributed by atoms with Gasteiger partial charge in [-0.05, 0) is 12.1 Å². The van der Waals surface area contributed by atoms with Crippen LogP contribution in [0.4, 0.5) is 0 Å². The summed E-state index contributed by atoms with van der Waals surface area (Å²) in [5.74, 6) is 0.332. The summed E-state index contributed by atoms with van der Waals surface area (Å²) in [4.78, 5) is 3.89. The van der Waals surface area contributed by atoms with Crippen molar-refractivity contribution in [2.45, 2.75) is 6.42 Å². The molecule has 1 rings (SSSR count). The zero-order valence-corrected chi connectivity index (χ0v) is 7.10. The number of aromatic nitrogens is 1. The number of aliphatic hydroxyl groups excluding tert-OH is 1. The van der Waals surface area contributed by atoms with E-state index in [1.807, 2.05) is 6.07 Å². The van der Waals surface area contributed by atoms with Crippen molar-refractivity contribution < 1.29 is 9.84 Å². The van der Waals surface area contributed by atoms with Crippen molar-refractivity contribution in [3.8, 4) is 11.9 Å². The van der Waals surface area contributed by atoms with Crippen LogP contribution in [0.3, 0.4) is 0 Å². The van der Waals surface area contributed by atoms with E-state index in [9.17, 15) is 0 Å². The molecule has 1 aromatic heterocycles. The van der Waals surface area contributed by atoms with Crippen molar-refractivity contribution in [3.63, 3.8) is 0 Å². The Morgan fingerprint density at radius 1 is 1.62 bits per heavy atom. The number of ether oxygens (including phenoxy) is 1. The Balaban J connectivity index is 2.60. The van der Waals surface area contributed by atoms with E-state index in [0.29, 0.717) is 24.5 Å². The first kappa shape index (κ1) is 9.49. The predicted molar refractivity (Wildman–Crippen MR) is 46.1 cm³/mol. The molecule has 0 radical (unpaired) electrons. The van der Waals surface area contributed by atoms with Crippen molar-refractivity contribution in [3.05, 3.63) is 23.9 Å². The minimum atomic E-state index is 0.0781. The third-order valence-corrected chi connectivity index (χ3v) is 1.43. The van der Waals surface area contributed by atoms with Gasteiger partial charge < -0.3 is 9.84 Å².